The summed E-state index contributed by atoms with van der Waals surface area (Å²) in [5.41, 5.74) is 0. The molecule has 0 N–H and O–H groups in total. The zero-order valence-electron chi connectivity index (χ0n) is 11.9. The molecule has 21 heavy (non-hydrogen) atoms. The highest BCUT2D eigenvalue weighted by atomic mass is 16.5. The van der Waals surface area contributed by atoms with E-state index in [4.69, 9.17) is 4.74 Å². The van der Waals surface area contributed by atoms with E-state index in [-0.39, 0.29) is 23.7 Å². The van der Waals surface area contributed by atoms with E-state index in [1.807, 2.05) is 42.5 Å². The first-order chi connectivity index (χ1) is 10.3. The second kappa shape index (κ2) is 6.12. The zero-order chi connectivity index (χ0) is 14.7. The average Bonchev–Trinajstić information content (AvgIpc) is 2.77. The van der Waals surface area contributed by atoms with Gasteiger partial charge >= 0.3 is 0 Å². The fourth-order valence-electron chi connectivity index (χ4n) is 3.02. The third-order valence-corrected chi connectivity index (χ3v) is 4.14. The molecule has 1 aliphatic carbocycles. The van der Waals surface area contributed by atoms with Gasteiger partial charge in [-0.2, -0.15) is 0 Å². The Morgan fingerprint density at radius 1 is 1.00 bits per heavy atom. The first-order valence-corrected chi connectivity index (χ1v) is 7.45. The average molecular weight is 285 g/mol. The largest absolute Gasteiger partial charge is 0.494 e. The lowest BCUT2D eigenvalue weighted by Crippen LogP contribution is -2.32. The molecule has 0 unspecified atom stereocenters. The van der Waals surface area contributed by atoms with Crippen LogP contribution in [0.15, 0.2) is 42.5 Å². The van der Waals surface area contributed by atoms with Crippen molar-refractivity contribution in [3.05, 3.63) is 42.5 Å². The summed E-state index contributed by atoms with van der Waals surface area (Å²) in [6.07, 6.45) is 6.08. The molecule has 1 aromatic rings. The lowest BCUT2D eigenvalue weighted by Gasteiger charge is -2.14. The van der Waals surface area contributed by atoms with Gasteiger partial charge in [-0.25, -0.2) is 0 Å². The molecule has 4 heteroatoms. The monoisotopic (exact) mass is 285 g/mol. The fourth-order valence-corrected chi connectivity index (χ4v) is 3.02. The van der Waals surface area contributed by atoms with Gasteiger partial charge < -0.3 is 4.74 Å². The van der Waals surface area contributed by atoms with Crippen LogP contribution in [0, 0.1) is 11.8 Å². The highest BCUT2D eigenvalue weighted by Crippen LogP contribution is 2.34. The van der Waals surface area contributed by atoms with E-state index in [1.54, 1.807) is 0 Å². The van der Waals surface area contributed by atoms with Gasteiger partial charge in [-0.05, 0) is 31.4 Å². The second-order valence-electron chi connectivity index (χ2n) is 5.50. The third kappa shape index (κ3) is 2.84. The Morgan fingerprint density at radius 2 is 1.62 bits per heavy atom. The van der Waals surface area contributed by atoms with E-state index in [1.165, 1.54) is 4.90 Å². The summed E-state index contributed by atoms with van der Waals surface area (Å²) in [5, 5.41) is 0. The molecule has 0 saturated carbocycles. The molecule has 0 bridgehead atoms. The Balaban J connectivity index is 1.49. The SMILES string of the molecule is O=C1[C@H]2CC=CC[C@H]2C(=O)N1CCCOc1ccccc1. The van der Waals surface area contributed by atoms with Crippen molar-refractivity contribution in [2.75, 3.05) is 13.2 Å². The van der Waals surface area contributed by atoms with Crippen molar-refractivity contribution in [1.82, 2.24) is 4.90 Å². The predicted octanol–water partition coefficient (Wildman–Crippen LogP) is 2.41. The minimum atomic E-state index is -0.127. The van der Waals surface area contributed by atoms with Crippen LogP contribution in [0.4, 0.5) is 0 Å². The van der Waals surface area contributed by atoms with Crippen LogP contribution in [0.2, 0.25) is 0 Å². The van der Waals surface area contributed by atoms with Gasteiger partial charge in [0.05, 0.1) is 18.4 Å². The molecule has 2 aliphatic rings. The van der Waals surface area contributed by atoms with Crippen LogP contribution in [-0.4, -0.2) is 29.9 Å². The van der Waals surface area contributed by atoms with Crippen LogP contribution in [-0.2, 0) is 9.59 Å². The van der Waals surface area contributed by atoms with Crippen LogP contribution in [0.25, 0.3) is 0 Å². The van der Waals surface area contributed by atoms with Crippen molar-refractivity contribution in [1.29, 1.82) is 0 Å². The second-order valence-corrected chi connectivity index (χ2v) is 5.50. The number of ether oxygens (including phenoxy) is 1. The van der Waals surface area contributed by atoms with Gasteiger partial charge in [0.2, 0.25) is 11.8 Å². The summed E-state index contributed by atoms with van der Waals surface area (Å²) in [6.45, 7) is 0.964. The Hall–Kier alpha value is -2.10. The summed E-state index contributed by atoms with van der Waals surface area (Å²) in [6, 6.07) is 9.56. The van der Waals surface area contributed by atoms with Crippen LogP contribution in [0.5, 0.6) is 5.75 Å². The molecule has 1 aromatic carbocycles. The Morgan fingerprint density at radius 3 is 2.24 bits per heavy atom. The van der Waals surface area contributed by atoms with Crippen LogP contribution in [0.1, 0.15) is 19.3 Å². The number of benzene rings is 1. The molecule has 0 spiro atoms. The molecule has 2 amide bonds. The zero-order valence-corrected chi connectivity index (χ0v) is 11.9. The molecule has 1 aliphatic heterocycles. The Labute approximate surface area is 124 Å². The number of carbonyl (C=O) groups excluding carboxylic acids is 2. The number of fused-ring (bicyclic) bond motifs is 1. The Kier molecular flexibility index (Phi) is 4.04. The lowest BCUT2D eigenvalue weighted by atomic mass is 9.85. The molecule has 4 nitrogen and oxygen atoms in total. The van der Waals surface area contributed by atoms with Gasteiger partial charge in [0.15, 0.2) is 0 Å². The first-order valence-electron chi connectivity index (χ1n) is 7.45. The van der Waals surface area contributed by atoms with Gasteiger partial charge in [-0.3, -0.25) is 14.5 Å². The molecule has 1 fully saturated rings. The normalized spacial score (nSPS) is 24.3. The molecule has 2 atom stereocenters. The summed E-state index contributed by atoms with van der Waals surface area (Å²) in [7, 11) is 0. The molecule has 1 heterocycles. The predicted molar refractivity (Wildman–Crippen MR) is 78.6 cm³/mol. The first kappa shape index (κ1) is 13.9. The van der Waals surface area contributed by atoms with Crippen molar-refractivity contribution in [3.63, 3.8) is 0 Å². The number of rotatable bonds is 5. The summed E-state index contributed by atoms with van der Waals surface area (Å²) in [5.74, 6) is 0.549. The van der Waals surface area contributed by atoms with Gasteiger partial charge in [0.25, 0.3) is 0 Å². The standard InChI is InChI=1S/C17H19NO3/c19-16-14-9-4-5-10-15(14)17(20)18(16)11-6-12-21-13-7-2-1-3-8-13/h1-5,7-8,14-15H,6,9-12H2/t14-,15+. The van der Waals surface area contributed by atoms with Crippen molar-refractivity contribution in [2.24, 2.45) is 11.8 Å². The molecular weight excluding hydrogens is 266 g/mol. The molecule has 3 rings (SSSR count). The third-order valence-electron chi connectivity index (χ3n) is 4.14. The summed E-state index contributed by atoms with van der Waals surface area (Å²) < 4.78 is 5.59. The fraction of sp³-hybridized carbons (Fsp3) is 0.412. The smallest absolute Gasteiger partial charge is 0.233 e. The van der Waals surface area contributed by atoms with Crippen LogP contribution < -0.4 is 4.74 Å². The van der Waals surface area contributed by atoms with Crippen LogP contribution >= 0.6 is 0 Å². The highest BCUT2D eigenvalue weighted by molar-refractivity contribution is 6.05. The van der Waals surface area contributed by atoms with E-state index >= 15 is 0 Å². The molecule has 0 aromatic heterocycles. The maximum absolute atomic E-state index is 12.2. The van der Waals surface area contributed by atoms with Crippen molar-refractivity contribution in [2.45, 2.75) is 19.3 Å². The van der Waals surface area contributed by atoms with Crippen molar-refractivity contribution >= 4 is 11.8 Å². The van der Waals surface area contributed by atoms with E-state index in [0.29, 0.717) is 32.4 Å². The van der Waals surface area contributed by atoms with Gasteiger partial charge in [-0.15, -0.1) is 0 Å². The van der Waals surface area contributed by atoms with Crippen LogP contribution in [0.3, 0.4) is 0 Å². The van der Waals surface area contributed by atoms with E-state index < -0.39 is 0 Å². The number of imide groups is 1. The molecular formula is C17H19NO3. The number of amides is 2. The maximum atomic E-state index is 12.2. The minimum Gasteiger partial charge on any atom is -0.494 e. The van der Waals surface area contributed by atoms with E-state index in [2.05, 4.69) is 0 Å². The number of nitrogens with zero attached hydrogens (tertiary/aromatic N) is 1. The lowest BCUT2D eigenvalue weighted by molar-refractivity contribution is -0.140. The molecule has 110 valence electrons. The minimum absolute atomic E-state index is 0.00550. The number of likely N-dealkylation sites (tertiary alicyclic amines) is 1. The summed E-state index contributed by atoms with van der Waals surface area (Å²) >= 11 is 0. The number of carbonyl (C=O) groups is 2. The molecule has 1 saturated heterocycles. The number of hydrogen-bond acceptors (Lipinski definition) is 3. The highest BCUT2D eigenvalue weighted by Gasteiger charge is 2.46. The van der Waals surface area contributed by atoms with Gasteiger partial charge in [0, 0.05) is 6.54 Å². The van der Waals surface area contributed by atoms with Crippen molar-refractivity contribution < 1.29 is 14.3 Å². The van der Waals surface area contributed by atoms with Gasteiger partial charge in [0.1, 0.15) is 5.75 Å². The van der Waals surface area contributed by atoms with E-state index in [0.717, 1.165) is 5.75 Å². The van der Waals surface area contributed by atoms with Gasteiger partial charge in [-0.1, -0.05) is 30.4 Å². The summed E-state index contributed by atoms with van der Waals surface area (Å²) in [4.78, 5) is 25.9. The number of para-hydroxylation sites is 1. The Bertz CT molecular complexity index is 526. The quantitative estimate of drug-likeness (QED) is 0.474. The topological polar surface area (TPSA) is 46.6 Å². The maximum Gasteiger partial charge on any atom is 0.233 e. The van der Waals surface area contributed by atoms with E-state index in [9.17, 15) is 9.59 Å². The molecule has 0 radical (unpaired) electrons. The number of allylic oxidation sites excluding steroid dienone is 2. The number of hydrogen-bond donors (Lipinski definition) is 0. The van der Waals surface area contributed by atoms with Crippen molar-refractivity contribution in [3.8, 4) is 5.75 Å².